The van der Waals surface area contributed by atoms with E-state index in [1.165, 1.54) is 257 Å². The number of aliphatic hydroxyl groups is 5. The molecule has 0 aliphatic carbocycles. The van der Waals surface area contributed by atoms with Crippen LogP contribution in [0.4, 0.5) is 0 Å². The molecule has 482 valence electrons. The largest absolute Gasteiger partial charge is 0.466 e. The second-order valence-corrected chi connectivity index (χ2v) is 24.6. The highest BCUT2D eigenvalue weighted by atomic mass is 16.7. The second-order valence-electron chi connectivity index (χ2n) is 24.6. The maximum atomic E-state index is 13.0. The van der Waals surface area contributed by atoms with Gasteiger partial charge in [-0.25, -0.2) is 0 Å². The lowest BCUT2D eigenvalue weighted by Crippen LogP contribution is -2.60. The van der Waals surface area contributed by atoms with Crippen molar-refractivity contribution in [3.8, 4) is 0 Å². The van der Waals surface area contributed by atoms with Gasteiger partial charge in [-0.3, -0.25) is 9.59 Å². The van der Waals surface area contributed by atoms with E-state index >= 15 is 0 Å². The summed E-state index contributed by atoms with van der Waals surface area (Å²) >= 11 is 0. The molecule has 6 N–H and O–H groups in total. The molecule has 0 aromatic heterocycles. The van der Waals surface area contributed by atoms with Gasteiger partial charge in [0, 0.05) is 12.8 Å². The zero-order valence-electron chi connectivity index (χ0n) is 53.5. The fourth-order valence-electron chi connectivity index (χ4n) is 11.1. The molecule has 11 heteroatoms. The van der Waals surface area contributed by atoms with Crippen LogP contribution in [0.25, 0.3) is 0 Å². The Labute approximate surface area is 504 Å². The summed E-state index contributed by atoms with van der Waals surface area (Å²) in [7, 11) is 0. The standard InChI is InChI=1S/C71H133NO10/c1-3-5-7-9-11-13-14-15-32-36-39-43-47-51-55-59-67(76)80-60-56-52-48-44-40-37-34-31-29-27-25-23-21-19-17-16-18-20-22-24-26-28-30-33-35-38-42-46-50-54-58-66(75)72-63(64(74)57-53-49-45-41-12-10-8-6-4-2)62-81-71-70(79)69(78)68(77)65(61-73)82-71/h15,17,19,32,53,57,63-65,68-71,73-74,77-79H,3-14,16,18,20-31,33-52,54-56,58-62H2,1-2H3,(H,72,75)/b19-17-,32-15-,57-53+. The zero-order chi connectivity index (χ0) is 59.5. The Hall–Kier alpha value is -2.12. The van der Waals surface area contributed by atoms with Crippen LogP contribution in [0, 0.1) is 0 Å². The number of hydrogen-bond acceptors (Lipinski definition) is 10. The predicted molar refractivity (Wildman–Crippen MR) is 343 cm³/mol. The summed E-state index contributed by atoms with van der Waals surface area (Å²) < 4.78 is 16.7. The summed E-state index contributed by atoms with van der Waals surface area (Å²) in [5.41, 5.74) is 0. The van der Waals surface area contributed by atoms with Crippen molar-refractivity contribution in [1.82, 2.24) is 5.32 Å². The van der Waals surface area contributed by atoms with Crippen LogP contribution < -0.4 is 5.32 Å². The van der Waals surface area contributed by atoms with Gasteiger partial charge in [0.1, 0.15) is 24.4 Å². The number of carbonyl (C=O) groups excluding carboxylic acids is 2. The van der Waals surface area contributed by atoms with Gasteiger partial charge in [0.05, 0.1) is 32.0 Å². The highest BCUT2D eigenvalue weighted by Crippen LogP contribution is 2.23. The molecule has 0 aromatic carbocycles. The summed E-state index contributed by atoms with van der Waals surface area (Å²) in [4.78, 5) is 25.1. The normalized spacial score (nSPS) is 18.4. The summed E-state index contributed by atoms with van der Waals surface area (Å²) in [6, 6.07) is -0.807. The second kappa shape index (κ2) is 60.6. The third-order valence-corrected chi connectivity index (χ3v) is 16.7. The van der Waals surface area contributed by atoms with Crippen molar-refractivity contribution in [2.75, 3.05) is 19.8 Å². The highest BCUT2D eigenvalue weighted by Gasteiger charge is 2.44. The number of aliphatic hydroxyl groups excluding tert-OH is 5. The van der Waals surface area contributed by atoms with E-state index in [1.54, 1.807) is 6.08 Å². The lowest BCUT2D eigenvalue weighted by atomic mass is 9.99. The van der Waals surface area contributed by atoms with Crippen molar-refractivity contribution >= 4 is 11.9 Å². The third-order valence-electron chi connectivity index (χ3n) is 16.7. The van der Waals surface area contributed by atoms with Gasteiger partial charge in [0.2, 0.25) is 5.91 Å². The molecule has 7 unspecified atom stereocenters. The summed E-state index contributed by atoms with van der Waals surface area (Å²) in [5, 5.41) is 54.3. The van der Waals surface area contributed by atoms with E-state index in [0.717, 1.165) is 57.8 Å². The Morgan fingerprint density at radius 3 is 1.17 bits per heavy atom. The topological polar surface area (TPSA) is 175 Å². The summed E-state index contributed by atoms with van der Waals surface area (Å²) in [6.07, 6.45) is 67.2. The molecule has 1 fully saturated rings. The summed E-state index contributed by atoms with van der Waals surface area (Å²) in [5.74, 6) is -0.180. The monoisotopic (exact) mass is 1160 g/mol. The number of ether oxygens (including phenoxy) is 3. The fraction of sp³-hybridized carbons (Fsp3) is 0.887. The highest BCUT2D eigenvalue weighted by molar-refractivity contribution is 5.76. The number of nitrogens with one attached hydrogen (secondary N) is 1. The molecule has 82 heavy (non-hydrogen) atoms. The summed E-state index contributed by atoms with van der Waals surface area (Å²) in [6.45, 7) is 4.33. The number of carbonyl (C=O) groups is 2. The minimum absolute atomic E-state index is 0.00106. The lowest BCUT2D eigenvalue weighted by Gasteiger charge is -2.40. The van der Waals surface area contributed by atoms with Crippen molar-refractivity contribution in [2.24, 2.45) is 0 Å². The smallest absolute Gasteiger partial charge is 0.305 e. The maximum Gasteiger partial charge on any atom is 0.305 e. The van der Waals surface area contributed by atoms with Crippen LogP contribution in [0.2, 0.25) is 0 Å². The third kappa shape index (κ3) is 49.0. The van der Waals surface area contributed by atoms with Gasteiger partial charge in [-0.1, -0.05) is 281 Å². The first-order valence-electron chi connectivity index (χ1n) is 35.3. The Balaban J connectivity index is 1.91. The van der Waals surface area contributed by atoms with Crippen LogP contribution in [0.3, 0.4) is 0 Å². The van der Waals surface area contributed by atoms with E-state index < -0.39 is 49.5 Å². The maximum absolute atomic E-state index is 13.0. The number of rotatable bonds is 62. The van der Waals surface area contributed by atoms with Gasteiger partial charge >= 0.3 is 5.97 Å². The first-order valence-corrected chi connectivity index (χ1v) is 35.3. The fourth-order valence-corrected chi connectivity index (χ4v) is 11.1. The molecule has 1 heterocycles. The number of hydrogen-bond donors (Lipinski definition) is 6. The van der Waals surface area contributed by atoms with E-state index in [0.29, 0.717) is 19.4 Å². The van der Waals surface area contributed by atoms with E-state index in [9.17, 15) is 35.1 Å². The van der Waals surface area contributed by atoms with Gasteiger partial charge in [-0.15, -0.1) is 0 Å². The van der Waals surface area contributed by atoms with Gasteiger partial charge in [0.25, 0.3) is 0 Å². The van der Waals surface area contributed by atoms with E-state index in [2.05, 4.69) is 43.5 Å². The van der Waals surface area contributed by atoms with E-state index in [-0.39, 0.29) is 18.5 Å². The molecular weight excluding hydrogens is 1030 g/mol. The average molecular weight is 1160 g/mol. The molecule has 1 aliphatic rings. The quantitative estimate of drug-likeness (QED) is 0.0195. The van der Waals surface area contributed by atoms with Crippen LogP contribution in [0.5, 0.6) is 0 Å². The first-order chi connectivity index (χ1) is 40.2. The molecule has 0 spiro atoms. The molecular formula is C71H133NO10. The van der Waals surface area contributed by atoms with Crippen LogP contribution in [-0.2, 0) is 23.8 Å². The Bertz CT molecular complexity index is 1460. The van der Waals surface area contributed by atoms with E-state index in [1.807, 2.05) is 6.08 Å². The molecule has 11 nitrogen and oxygen atoms in total. The van der Waals surface area contributed by atoms with Crippen LogP contribution in [-0.4, -0.2) is 100 Å². The average Bonchev–Trinajstić information content (AvgIpc) is 3.63. The van der Waals surface area contributed by atoms with Crippen LogP contribution >= 0.6 is 0 Å². The number of amides is 1. The van der Waals surface area contributed by atoms with Crippen molar-refractivity contribution in [3.05, 3.63) is 36.5 Å². The predicted octanol–water partition coefficient (Wildman–Crippen LogP) is 17.8. The Kier molecular flexibility index (Phi) is 57.5. The zero-order valence-corrected chi connectivity index (χ0v) is 53.5. The number of unbranched alkanes of at least 4 members (excludes halogenated alkanes) is 44. The van der Waals surface area contributed by atoms with Crippen molar-refractivity contribution < 1.29 is 49.3 Å². The molecule has 0 saturated carbocycles. The van der Waals surface area contributed by atoms with Gasteiger partial charge in [-0.2, -0.15) is 0 Å². The van der Waals surface area contributed by atoms with Crippen molar-refractivity contribution in [3.63, 3.8) is 0 Å². The van der Waals surface area contributed by atoms with Crippen molar-refractivity contribution in [2.45, 2.75) is 384 Å². The molecule has 0 aromatic rings. The molecule has 0 radical (unpaired) electrons. The SMILES string of the molecule is CCCCCCCC/C=C\CCCCCCCC(=O)OCCCCCCCCCCCCCC/C=C\CCCCCCCCCCCCCCCCC(=O)NC(COC1OC(CO)C(O)C(O)C1O)C(O)/C=C/CCCCCCCCC. The molecule has 7 atom stereocenters. The molecule has 1 saturated heterocycles. The minimum atomic E-state index is -1.57. The Morgan fingerprint density at radius 1 is 0.439 bits per heavy atom. The molecule has 1 amide bonds. The van der Waals surface area contributed by atoms with Crippen molar-refractivity contribution in [1.29, 1.82) is 0 Å². The lowest BCUT2D eigenvalue weighted by molar-refractivity contribution is -0.302. The molecule has 0 bridgehead atoms. The van der Waals surface area contributed by atoms with Gasteiger partial charge in [-0.05, 0) is 83.5 Å². The Morgan fingerprint density at radius 2 is 0.780 bits per heavy atom. The molecule has 1 rings (SSSR count). The van der Waals surface area contributed by atoms with Crippen LogP contribution in [0.15, 0.2) is 36.5 Å². The van der Waals surface area contributed by atoms with Crippen LogP contribution in [0.1, 0.15) is 341 Å². The van der Waals surface area contributed by atoms with Gasteiger partial charge in [0.15, 0.2) is 6.29 Å². The van der Waals surface area contributed by atoms with Gasteiger partial charge < -0.3 is 45.1 Å². The number of esters is 1. The first kappa shape index (κ1) is 77.9. The molecule has 1 aliphatic heterocycles. The van der Waals surface area contributed by atoms with E-state index in [4.69, 9.17) is 14.2 Å². The minimum Gasteiger partial charge on any atom is -0.466 e. The number of allylic oxidation sites excluding steroid dienone is 5.